The average molecular weight is 444 g/mol. The van der Waals surface area contributed by atoms with Crippen molar-refractivity contribution in [2.24, 2.45) is 0 Å². The summed E-state index contributed by atoms with van der Waals surface area (Å²) < 4.78 is 15.9. The Hall–Kier alpha value is -3.50. The Bertz CT molecular complexity index is 1000. The van der Waals surface area contributed by atoms with Crippen molar-refractivity contribution in [1.82, 2.24) is 24.9 Å². The van der Waals surface area contributed by atoms with Crippen molar-refractivity contribution in [3.8, 4) is 17.3 Å². The van der Waals surface area contributed by atoms with Gasteiger partial charge in [-0.25, -0.2) is 34.5 Å². The van der Waals surface area contributed by atoms with Gasteiger partial charge in [0, 0.05) is 19.2 Å². The number of carbonyl (C=O) groups is 2. The molecule has 1 aliphatic rings. The van der Waals surface area contributed by atoms with E-state index in [1.165, 1.54) is 26.7 Å². The van der Waals surface area contributed by atoms with Crippen LogP contribution in [0.4, 0.5) is 10.6 Å². The number of anilines is 1. The van der Waals surface area contributed by atoms with Gasteiger partial charge in [-0.1, -0.05) is 0 Å². The molecule has 1 saturated carbocycles. The van der Waals surface area contributed by atoms with Crippen molar-refractivity contribution in [1.29, 1.82) is 0 Å². The first-order valence-electron chi connectivity index (χ1n) is 10.3. The fourth-order valence-electron chi connectivity index (χ4n) is 2.89. The molecule has 0 radical (unpaired) electrons. The van der Waals surface area contributed by atoms with Gasteiger partial charge in [0.25, 0.3) is 0 Å². The Labute approximate surface area is 186 Å². The number of methoxy groups -OCH3 is 1. The molecule has 0 saturated heterocycles. The van der Waals surface area contributed by atoms with E-state index < -0.39 is 17.7 Å². The molecule has 11 heteroatoms. The van der Waals surface area contributed by atoms with E-state index in [-0.39, 0.29) is 29.7 Å². The van der Waals surface area contributed by atoms with Crippen LogP contribution >= 0.6 is 0 Å². The van der Waals surface area contributed by atoms with Crippen molar-refractivity contribution in [3.05, 3.63) is 23.8 Å². The van der Waals surface area contributed by atoms with Crippen LogP contribution in [-0.2, 0) is 9.47 Å². The van der Waals surface area contributed by atoms with Gasteiger partial charge < -0.3 is 14.2 Å². The van der Waals surface area contributed by atoms with Crippen molar-refractivity contribution >= 4 is 17.9 Å². The van der Waals surface area contributed by atoms with E-state index in [4.69, 9.17) is 14.2 Å². The summed E-state index contributed by atoms with van der Waals surface area (Å²) in [6.45, 7) is 7.14. The first-order valence-corrected chi connectivity index (χ1v) is 10.3. The van der Waals surface area contributed by atoms with Gasteiger partial charge in [0.2, 0.25) is 5.88 Å². The Morgan fingerprint density at radius 1 is 1.22 bits per heavy atom. The van der Waals surface area contributed by atoms with Gasteiger partial charge >= 0.3 is 12.1 Å². The highest BCUT2D eigenvalue weighted by Gasteiger charge is 2.32. The molecule has 0 atom stereocenters. The number of carbonyl (C=O) groups excluding carboxylic acids is 2. The minimum atomic E-state index is -0.693. The monoisotopic (exact) mass is 444 g/mol. The van der Waals surface area contributed by atoms with Crippen LogP contribution in [0.5, 0.6) is 5.88 Å². The summed E-state index contributed by atoms with van der Waals surface area (Å²) in [6, 6.07) is 0. The molecule has 32 heavy (non-hydrogen) atoms. The molecule has 11 nitrogen and oxygen atoms in total. The lowest BCUT2D eigenvalue weighted by molar-refractivity contribution is 0.0335. The van der Waals surface area contributed by atoms with E-state index in [9.17, 15) is 9.59 Å². The molecule has 0 spiro atoms. The van der Waals surface area contributed by atoms with Crippen LogP contribution in [0.3, 0.4) is 0 Å². The number of hydrogen-bond donors (Lipinski definition) is 1. The second kappa shape index (κ2) is 9.33. The third-order valence-electron chi connectivity index (χ3n) is 4.45. The molecule has 1 N–H and O–H groups in total. The van der Waals surface area contributed by atoms with Gasteiger partial charge in [0.05, 0.1) is 19.4 Å². The number of amides is 1. The fourth-order valence-corrected chi connectivity index (χ4v) is 2.89. The average Bonchev–Trinajstić information content (AvgIpc) is 3.57. The molecule has 1 amide bonds. The van der Waals surface area contributed by atoms with Crippen LogP contribution in [0, 0.1) is 0 Å². The van der Waals surface area contributed by atoms with Gasteiger partial charge in [0.15, 0.2) is 11.6 Å². The molecule has 2 aromatic rings. The molecular weight excluding hydrogens is 416 g/mol. The van der Waals surface area contributed by atoms with Crippen LogP contribution in [0.2, 0.25) is 0 Å². The highest BCUT2D eigenvalue weighted by atomic mass is 16.6. The molecule has 0 aromatic carbocycles. The van der Waals surface area contributed by atoms with Gasteiger partial charge in [-0.3, -0.25) is 5.43 Å². The van der Waals surface area contributed by atoms with E-state index >= 15 is 0 Å². The predicted molar refractivity (Wildman–Crippen MR) is 115 cm³/mol. The van der Waals surface area contributed by atoms with E-state index in [0.717, 1.165) is 23.5 Å². The maximum absolute atomic E-state index is 12.5. The predicted octanol–water partition coefficient (Wildman–Crippen LogP) is 3.19. The SMILES string of the molecule is CCOC(=O)c1cnc(-c2c(OC)ncnc2C2CC2)nc1NN(C)C(=O)OC(C)(C)C. The van der Waals surface area contributed by atoms with E-state index in [1.54, 1.807) is 27.7 Å². The molecule has 1 aliphatic carbocycles. The summed E-state index contributed by atoms with van der Waals surface area (Å²) in [5, 5.41) is 1.10. The van der Waals surface area contributed by atoms with Gasteiger partial charge in [-0.15, -0.1) is 0 Å². The minimum absolute atomic E-state index is 0.0646. The van der Waals surface area contributed by atoms with Crippen molar-refractivity contribution in [2.75, 3.05) is 26.2 Å². The Balaban J connectivity index is 2.03. The third-order valence-corrected chi connectivity index (χ3v) is 4.45. The number of hydrogen-bond acceptors (Lipinski definition) is 10. The number of aromatic nitrogens is 4. The Kier molecular flexibility index (Phi) is 6.75. The normalized spacial score (nSPS) is 13.3. The van der Waals surface area contributed by atoms with Crippen molar-refractivity contribution < 1.29 is 23.8 Å². The quantitative estimate of drug-likeness (QED) is 0.502. The number of nitrogens with one attached hydrogen (secondary N) is 1. The summed E-state index contributed by atoms with van der Waals surface area (Å²) in [6.07, 6.45) is 4.14. The van der Waals surface area contributed by atoms with Gasteiger partial charge in [0.1, 0.15) is 23.1 Å². The molecule has 2 aromatic heterocycles. The lowest BCUT2D eigenvalue weighted by Gasteiger charge is -2.25. The zero-order valence-electron chi connectivity index (χ0n) is 19.1. The van der Waals surface area contributed by atoms with Crippen LogP contribution in [0.1, 0.15) is 62.5 Å². The molecule has 0 unspecified atom stereocenters. The lowest BCUT2D eigenvalue weighted by atomic mass is 10.1. The van der Waals surface area contributed by atoms with Crippen LogP contribution < -0.4 is 10.2 Å². The maximum Gasteiger partial charge on any atom is 0.428 e. The highest BCUT2D eigenvalue weighted by molar-refractivity contribution is 5.95. The van der Waals surface area contributed by atoms with Crippen LogP contribution in [0.15, 0.2) is 12.5 Å². The van der Waals surface area contributed by atoms with E-state index in [2.05, 4.69) is 25.4 Å². The topological polar surface area (TPSA) is 129 Å². The summed E-state index contributed by atoms with van der Waals surface area (Å²) in [5.41, 5.74) is 3.52. The molecule has 172 valence electrons. The second-order valence-corrected chi connectivity index (χ2v) is 8.24. The summed E-state index contributed by atoms with van der Waals surface area (Å²) in [5.74, 6) is 0.318. The molecular formula is C21H28N6O5. The molecule has 2 heterocycles. The first kappa shape index (κ1) is 23.2. The molecule has 0 bridgehead atoms. The van der Waals surface area contributed by atoms with Crippen molar-refractivity contribution in [2.45, 2.75) is 52.1 Å². The van der Waals surface area contributed by atoms with Crippen molar-refractivity contribution in [3.63, 3.8) is 0 Å². The second-order valence-electron chi connectivity index (χ2n) is 8.24. The number of hydrazine groups is 1. The van der Waals surface area contributed by atoms with Gasteiger partial charge in [-0.2, -0.15) is 0 Å². The number of rotatable bonds is 7. The standard InChI is InChI=1S/C21H28N6O5/c1-7-31-19(28)13-10-22-17(14-15(12-8-9-12)23-11-24-18(14)30-6)25-16(13)26-27(5)20(29)32-21(2,3)4/h10-12H,7-9H2,1-6H3,(H,22,25,26). The molecule has 3 rings (SSSR count). The van der Waals surface area contributed by atoms with Crippen LogP contribution in [0.25, 0.3) is 11.4 Å². The van der Waals surface area contributed by atoms with Gasteiger partial charge in [-0.05, 0) is 40.5 Å². The summed E-state index contributed by atoms with van der Waals surface area (Å²) in [4.78, 5) is 42.3. The molecule has 0 aliphatic heterocycles. The zero-order valence-corrected chi connectivity index (χ0v) is 19.1. The summed E-state index contributed by atoms with van der Waals surface area (Å²) >= 11 is 0. The first-order chi connectivity index (χ1) is 15.1. The maximum atomic E-state index is 12.5. The highest BCUT2D eigenvalue weighted by Crippen LogP contribution is 2.44. The largest absolute Gasteiger partial charge is 0.480 e. The minimum Gasteiger partial charge on any atom is -0.480 e. The zero-order chi connectivity index (χ0) is 23.5. The number of ether oxygens (including phenoxy) is 3. The number of esters is 1. The Morgan fingerprint density at radius 3 is 2.53 bits per heavy atom. The fraction of sp³-hybridized carbons (Fsp3) is 0.524. The summed E-state index contributed by atoms with van der Waals surface area (Å²) in [7, 11) is 2.97. The lowest BCUT2D eigenvalue weighted by Crippen LogP contribution is -2.38. The van der Waals surface area contributed by atoms with E-state index in [1.807, 2.05) is 0 Å². The van der Waals surface area contributed by atoms with Crippen LogP contribution in [-0.4, -0.2) is 63.4 Å². The molecule has 1 fully saturated rings. The smallest absolute Gasteiger partial charge is 0.428 e. The Morgan fingerprint density at radius 2 is 1.94 bits per heavy atom. The van der Waals surface area contributed by atoms with E-state index in [0.29, 0.717) is 11.4 Å². The number of nitrogens with zero attached hydrogens (tertiary/aromatic N) is 5. The third kappa shape index (κ3) is 5.40.